The van der Waals surface area contributed by atoms with Gasteiger partial charge in [0.15, 0.2) is 0 Å². The summed E-state index contributed by atoms with van der Waals surface area (Å²) in [7, 11) is -1.75. The van der Waals surface area contributed by atoms with E-state index in [0.29, 0.717) is 0 Å². The van der Waals surface area contributed by atoms with Crippen molar-refractivity contribution >= 4 is 68.0 Å². The quantitative estimate of drug-likeness (QED) is 0.0970. The molecule has 6 rings (SSSR count). The third-order valence-corrected chi connectivity index (χ3v) is 11.8. The molecule has 0 unspecified atom stereocenters. The van der Waals surface area contributed by atoms with Crippen molar-refractivity contribution in [3.8, 4) is 0 Å². The fourth-order valence-corrected chi connectivity index (χ4v) is 9.78. The third kappa shape index (κ3) is 8.71. The fraction of sp³-hybridized carbons (Fsp3) is 0. The van der Waals surface area contributed by atoms with Crippen molar-refractivity contribution < 1.29 is 12.8 Å². The molecule has 0 aliphatic carbocycles. The van der Waals surface area contributed by atoms with E-state index in [4.69, 9.17) is 0 Å². The van der Waals surface area contributed by atoms with Crippen LogP contribution in [-0.2, 0) is 12.8 Å². The van der Waals surface area contributed by atoms with Gasteiger partial charge in [-0.2, -0.15) is 0 Å². The van der Waals surface area contributed by atoms with E-state index < -0.39 is 15.8 Å². The molecule has 0 aromatic heterocycles. The van der Waals surface area contributed by atoms with Crippen molar-refractivity contribution in [2.24, 2.45) is 0 Å². The van der Waals surface area contributed by atoms with Crippen LogP contribution in [0.1, 0.15) is 0 Å². The fourth-order valence-electron chi connectivity index (χ4n) is 4.63. The Morgan fingerprint density at radius 1 is 0.250 bits per heavy atom. The van der Waals surface area contributed by atoms with Gasteiger partial charge in [0.1, 0.15) is 31.8 Å². The van der Waals surface area contributed by atoms with E-state index in [1.165, 1.54) is 31.8 Å². The van der Waals surface area contributed by atoms with Crippen LogP contribution < -0.4 is 31.8 Å². The van der Waals surface area contributed by atoms with E-state index in [2.05, 4.69) is 195 Å². The summed E-state index contributed by atoms with van der Waals surface area (Å²) in [5.74, 6) is 0. The van der Waals surface area contributed by atoms with Crippen LogP contribution in [-0.4, -0.2) is 0 Å². The molecule has 0 aliphatic heterocycles. The van der Waals surface area contributed by atoms with Gasteiger partial charge in [0.05, 0.1) is 15.8 Å². The van der Waals surface area contributed by atoms with E-state index in [1.54, 1.807) is 20.3 Å². The monoisotopic (exact) mass is 716 g/mol. The molecular weight excluding hydrogens is 685 g/mol. The Labute approximate surface area is 261 Å². The second-order valence-corrected chi connectivity index (χ2v) is 13.9. The first-order valence-corrected chi connectivity index (χ1v) is 19.1. The average molecular weight is 717 g/mol. The molecule has 0 saturated carbocycles. The molecule has 202 valence electrons. The van der Waals surface area contributed by atoms with Crippen molar-refractivity contribution in [2.45, 2.75) is 0 Å². The van der Waals surface area contributed by atoms with Crippen LogP contribution in [0, 0.1) is 0 Å². The van der Waals surface area contributed by atoms with Crippen molar-refractivity contribution in [3.05, 3.63) is 182 Å². The number of halogens is 1. The van der Waals surface area contributed by atoms with Crippen LogP contribution in [0.4, 0.5) is 0 Å². The molecule has 0 aliphatic rings. The van der Waals surface area contributed by atoms with Crippen molar-refractivity contribution in [1.82, 2.24) is 0 Å². The van der Waals surface area contributed by atoms with Gasteiger partial charge in [-0.15, -0.1) is 0 Å². The van der Waals surface area contributed by atoms with Gasteiger partial charge in [0, 0.05) is 0 Å². The number of hydrogen-bond acceptors (Lipinski definition) is 0. The molecule has 0 bridgehead atoms. The SMILES string of the molecule is [Cu][I].c1ccc([PH+](c2ccccc2)c2ccccc2)cc1.c1ccc([PH+](c2ccccc2)c2ccccc2)cc1. The Hall–Kier alpha value is -2.57. The van der Waals surface area contributed by atoms with Gasteiger partial charge < -0.3 is 0 Å². The molecule has 0 amide bonds. The summed E-state index contributed by atoms with van der Waals surface area (Å²) in [6.45, 7) is 0. The summed E-state index contributed by atoms with van der Waals surface area (Å²) in [6.07, 6.45) is 0. The Bertz CT molecular complexity index is 1180. The Morgan fingerprint density at radius 2 is 0.375 bits per heavy atom. The molecule has 40 heavy (non-hydrogen) atoms. The minimum Gasteiger partial charge on any atom is -0.0620 e. The standard InChI is InChI=1S/2C18H15P.Cu.HI/c2*1-4-10-16(11-5-1)19(17-12-6-2-7-13-17)18-14-8-3-9-15-18;;/h2*1-15H;;1H/q;;+1;/p+1. The van der Waals surface area contributed by atoms with Crippen LogP contribution in [0.2, 0.25) is 0 Å². The van der Waals surface area contributed by atoms with E-state index in [1.807, 2.05) is 0 Å². The zero-order valence-corrected chi connectivity index (χ0v) is 27.1. The predicted octanol–water partition coefficient (Wildman–Crippen LogP) is 7.24. The molecule has 0 nitrogen and oxygen atoms in total. The Kier molecular flexibility index (Phi) is 13.1. The zero-order chi connectivity index (χ0) is 27.8. The van der Waals surface area contributed by atoms with E-state index in [-0.39, 0.29) is 0 Å². The van der Waals surface area contributed by atoms with Crippen LogP contribution in [0.3, 0.4) is 0 Å². The van der Waals surface area contributed by atoms with Gasteiger partial charge in [-0.05, 0) is 72.8 Å². The zero-order valence-electron chi connectivity index (χ0n) is 22.0. The van der Waals surface area contributed by atoms with Crippen molar-refractivity contribution in [2.75, 3.05) is 0 Å². The van der Waals surface area contributed by atoms with Gasteiger partial charge in [0.25, 0.3) is 0 Å². The molecule has 0 fully saturated rings. The second-order valence-electron chi connectivity index (χ2n) is 8.95. The maximum Gasteiger partial charge on any atom is 0.102 e. The molecule has 6 aromatic rings. The molecule has 0 radical (unpaired) electrons. The van der Waals surface area contributed by atoms with E-state index >= 15 is 0 Å². The first-order valence-electron chi connectivity index (χ1n) is 13.1. The third-order valence-electron chi connectivity index (χ3n) is 6.37. The van der Waals surface area contributed by atoms with Crippen LogP contribution >= 0.6 is 36.2 Å². The smallest absolute Gasteiger partial charge is 0.0620 e. The topological polar surface area (TPSA) is 0 Å². The predicted molar refractivity (Wildman–Crippen MR) is 187 cm³/mol. The molecule has 0 saturated heterocycles. The first kappa shape index (κ1) is 30.4. The minimum absolute atomic E-state index is 0.877. The summed E-state index contributed by atoms with van der Waals surface area (Å²) in [5, 5.41) is 8.61. The van der Waals surface area contributed by atoms with Gasteiger partial charge in [-0.25, -0.2) is 0 Å². The van der Waals surface area contributed by atoms with Crippen molar-refractivity contribution in [1.29, 1.82) is 0 Å². The van der Waals surface area contributed by atoms with Crippen LogP contribution in [0.15, 0.2) is 182 Å². The summed E-state index contributed by atoms with van der Waals surface area (Å²) >= 11 is 5.87. The van der Waals surface area contributed by atoms with E-state index in [0.717, 1.165) is 0 Å². The summed E-state index contributed by atoms with van der Waals surface area (Å²) in [4.78, 5) is 0. The molecule has 6 aromatic carbocycles. The van der Waals surface area contributed by atoms with Gasteiger partial charge >= 0.3 is 33.1 Å². The molecule has 0 atom stereocenters. The van der Waals surface area contributed by atoms with Crippen LogP contribution in [0.25, 0.3) is 0 Å². The largest absolute Gasteiger partial charge is 0.102 e. The summed E-state index contributed by atoms with van der Waals surface area (Å²) in [5.41, 5.74) is 0. The van der Waals surface area contributed by atoms with Gasteiger partial charge in [0.2, 0.25) is 0 Å². The normalized spacial score (nSPS) is 10.2. The van der Waals surface area contributed by atoms with Gasteiger partial charge in [-0.3, -0.25) is 0 Å². The maximum atomic E-state index is 4.16. The molecule has 0 N–H and O–H groups in total. The number of rotatable bonds is 6. The average Bonchev–Trinajstić information content (AvgIpc) is 3.06. The number of benzene rings is 6. The molecule has 0 spiro atoms. The summed E-state index contributed by atoms with van der Waals surface area (Å²) < 4.78 is 0. The molecular formula is C36H32CuIP2+2. The maximum absolute atomic E-state index is 4.16. The van der Waals surface area contributed by atoms with Crippen molar-refractivity contribution in [3.63, 3.8) is 0 Å². The van der Waals surface area contributed by atoms with Gasteiger partial charge in [-0.1, -0.05) is 109 Å². The minimum atomic E-state index is -0.877. The Balaban J connectivity index is 0.000000174. The van der Waals surface area contributed by atoms with E-state index in [9.17, 15) is 0 Å². The molecule has 4 heteroatoms. The Morgan fingerprint density at radius 3 is 0.500 bits per heavy atom. The second kappa shape index (κ2) is 17.3. The summed E-state index contributed by atoms with van der Waals surface area (Å²) in [6, 6.07) is 65.0. The molecule has 0 heterocycles. The number of hydrogen-bond donors (Lipinski definition) is 0. The first-order chi connectivity index (χ1) is 19.9. The van der Waals surface area contributed by atoms with Crippen LogP contribution in [0.5, 0.6) is 0 Å².